The lowest BCUT2D eigenvalue weighted by molar-refractivity contribution is -0.145. The van der Waals surface area contributed by atoms with Crippen LogP contribution in [0, 0.1) is 5.41 Å². The lowest BCUT2D eigenvalue weighted by atomic mass is 9.85. The van der Waals surface area contributed by atoms with Crippen LogP contribution in [0.4, 0.5) is 0 Å². The van der Waals surface area contributed by atoms with Crippen LogP contribution in [0.15, 0.2) is 30.3 Å². The first-order valence-electron chi connectivity index (χ1n) is 15.8. The molecule has 0 bridgehead atoms. The van der Waals surface area contributed by atoms with Crippen molar-refractivity contribution in [3.8, 4) is 0 Å². The number of hydrogen-bond acceptors (Lipinski definition) is 8. The molecule has 4 rings (SSSR count). The van der Waals surface area contributed by atoms with Gasteiger partial charge < -0.3 is 25.6 Å². The Morgan fingerprint density at radius 2 is 1.83 bits per heavy atom. The van der Waals surface area contributed by atoms with Crippen LogP contribution in [0.1, 0.15) is 85.1 Å². The number of nitrogens with zero attached hydrogens (tertiary/aromatic N) is 1. The van der Waals surface area contributed by atoms with Crippen LogP contribution < -0.4 is 21.4 Å². The Balaban J connectivity index is 1.63. The van der Waals surface area contributed by atoms with Crippen molar-refractivity contribution in [2.24, 2.45) is 5.41 Å². The predicted octanol–water partition coefficient (Wildman–Crippen LogP) is 2.59. The van der Waals surface area contributed by atoms with Gasteiger partial charge in [-0.15, -0.1) is 0 Å². The molecule has 1 aromatic carbocycles. The van der Waals surface area contributed by atoms with Crippen LogP contribution in [0.3, 0.4) is 0 Å². The van der Waals surface area contributed by atoms with E-state index in [0.717, 1.165) is 18.4 Å². The minimum atomic E-state index is -1.12. The fourth-order valence-electron chi connectivity index (χ4n) is 5.63. The molecule has 3 aliphatic rings. The maximum absolute atomic E-state index is 14.3. The highest BCUT2D eigenvalue weighted by molar-refractivity contribution is 6.38. The molecule has 12 nitrogen and oxygen atoms in total. The second-order valence-corrected chi connectivity index (χ2v) is 14.0. The minimum absolute atomic E-state index is 0.0234. The summed E-state index contributed by atoms with van der Waals surface area (Å²) in [7, 11) is 0. The van der Waals surface area contributed by atoms with Gasteiger partial charge in [-0.2, -0.15) is 0 Å². The number of benzene rings is 1. The van der Waals surface area contributed by atoms with Crippen molar-refractivity contribution in [2.45, 2.75) is 109 Å². The van der Waals surface area contributed by atoms with Crippen LogP contribution in [0.25, 0.3) is 5.70 Å². The summed E-state index contributed by atoms with van der Waals surface area (Å²) in [5.74, 6) is -3.22. The minimum Gasteiger partial charge on any atom is -0.347 e. The highest BCUT2D eigenvalue weighted by Gasteiger charge is 2.54. The molecule has 0 radical (unpaired) electrons. The second-order valence-electron chi connectivity index (χ2n) is 13.6. The lowest BCUT2D eigenvalue weighted by Crippen LogP contribution is -2.59. The van der Waals surface area contributed by atoms with Crippen LogP contribution in [-0.4, -0.2) is 76.4 Å². The summed E-state index contributed by atoms with van der Waals surface area (Å²) in [5.41, 5.74) is 2.38. The molecule has 46 heavy (non-hydrogen) atoms. The number of halogens is 1. The molecule has 2 aliphatic heterocycles. The predicted molar refractivity (Wildman–Crippen MR) is 171 cm³/mol. The normalized spacial score (nSPS) is 22.0. The molecule has 4 N–H and O–H groups in total. The third-order valence-corrected chi connectivity index (χ3v) is 8.55. The number of ketones is 2. The summed E-state index contributed by atoms with van der Waals surface area (Å²) in [6, 6.07) is 3.89. The third kappa shape index (κ3) is 8.73. The van der Waals surface area contributed by atoms with Crippen LogP contribution in [0.5, 0.6) is 0 Å². The van der Waals surface area contributed by atoms with Gasteiger partial charge in [-0.1, -0.05) is 57.8 Å². The molecule has 0 aromatic heterocycles. The van der Waals surface area contributed by atoms with E-state index in [4.69, 9.17) is 16.4 Å². The molecule has 4 atom stereocenters. The van der Waals surface area contributed by atoms with Crippen molar-refractivity contribution in [3.05, 3.63) is 40.9 Å². The van der Waals surface area contributed by atoms with Crippen molar-refractivity contribution in [3.63, 3.8) is 0 Å². The summed E-state index contributed by atoms with van der Waals surface area (Å²) in [6.45, 7) is 8.57. The van der Waals surface area contributed by atoms with E-state index < -0.39 is 58.6 Å². The Labute approximate surface area is 274 Å². The Kier molecular flexibility index (Phi) is 10.9. The first-order chi connectivity index (χ1) is 21.6. The standard InChI is InChI=1S/C33H44ClN5O7/c1-6-8-23(27(42)30(44)35-22-12-13-22)36-29(43)25-17-33(16-24(38-46-33)20-9-7-10-21(34)15-20)18-39(25)31(45)28(32(3,4)5)37-26(41)14-11-19(2)40/h7,9-10,15-16,22-23,25,28,38H,6,8,11-14,17-18H2,1-5H3,(H,35,44)(H,36,43)(H,37,41)/t23-,25-,28+,33+/m0/s1. The first-order valence-corrected chi connectivity index (χ1v) is 16.2. The number of Topliss-reactive ketones (excluding diaryl/α,β-unsaturated/α-hetero) is 2. The molecule has 1 saturated carbocycles. The van der Waals surface area contributed by atoms with Crippen molar-refractivity contribution in [2.75, 3.05) is 6.54 Å². The zero-order valence-electron chi connectivity index (χ0n) is 27.0. The molecule has 250 valence electrons. The smallest absolute Gasteiger partial charge is 0.289 e. The maximum Gasteiger partial charge on any atom is 0.289 e. The van der Waals surface area contributed by atoms with Crippen molar-refractivity contribution >= 4 is 52.5 Å². The maximum atomic E-state index is 14.3. The number of likely N-dealkylation sites (tertiary alicyclic amines) is 1. The van der Waals surface area contributed by atoms with Gasteiger partial charge in [0.1, 0.15) is 23.5 Å². The van der Waals surface area contributed by atoms with Crippen molar-refractivity contribution in [1.82, 2.24) is 26.3 Å². The molecule has 2 heterocycles. The largest absolute Gasteiger partial charge is 0.347 e. The molecule has 1 aliphatic carbocycles. The highest BCUT2D eigenvalue weighted by atomic mass is 35.5. The fourth-order valence-corrected chi connectivity index (χ4v) is 5.82. The third-order valence-electron chi connectivity index (χ3n) is 8.32. The number of hydrogen-bond donors (Lipinski definition) is 4. The molecule has 1 aromatic rings. The van der Waals surface area contributed by atoms with E-state index in [-0.39, 0.29) is 44.1 Å². The van der Waals surface area contributed by atoms with E-state index >= 15 is 0 Å². The molecule has 13 heteroatoms. The monoisotopic (exact) mass is 657 g/mol. The summed E-state index contributed by atoms with van der Waals surface area (Å²) in [5, 5.41) is 8.73. The van der Waals surface area contributed by atoms with Crippen LogP contribution in [-0.2, 0) is 33.6 Å². The Morgan fingerprint density at radius 1 is 1.11 bits per heavy atom. The van der Waals surface area contributed by atoms with Gasteiger partial charge >= 0.3 is 0 Å². The molecular weight excluding hydrogens is 614 g/mol. The summed E-state index contributed by atoms with van der Waals surface area (Å²) >= 11 is 6.20. The Hall–Kier alpha value is -3.77. The van der Waals surface area contributed by atoms with Crippen molar-refractivity contribution < 1.29 is 33.6 Å². The summed E-state index contributed by atoms with van der Waals surface area (Å²) in [6.07, 6.45) is 4.19. The summed E-state index contributed by atoms with van der Waals surface area (Å²) in [4.78, 5) is 85.7. The number of carbonyl (C=O) groups excluding carboxylic acids is 6. The van der Waals surface area contributed by atoms with Gasteiger partial charge in [0.05, 0.1) is 18.3 Å². The Bertz CT molecular complexity index is 1420. The number of rotatable bonds is 13. The molecule has 4 amide bonds. The topological polar surface area (TPSA) is 163 Å². The van der Waals surface area contributed by atoms with E-state index in [2.05, 4.69) is 21.4 Å². The van der Waals surface area contributed by atoms with Crippen molar-refractivity contribution in [1.29, 1.82) is 0 Å². The van der Waals surface area contributed by atoms with E-state index in [1.807, 2.05) is 19.1 Å². The van der Waals surface area contributed by atoms with Gasteiger partial charge in [-0.3, -0.25) is 34.3 Å². The first kappa shape index (κ1) is 35.1. The van der Waals surface area contributed by atoms with E-state index in [9.17, 15) is 28.8 Å². The molecular formula is C33H44ClN5O7. The van der Waals surface area contributed by atoms with Gasteiger partial charge in [-0.05, 0) is 49.8 Å². The number of nitrogens with one attached hydrogen (secondary N) is 4. The number of hydroxylamine groups is 1. The van der Waals surface area contributed by atoms with Gasteiger partial charge in [0.25, 0.3) is 5.91 Å². The van der Waals surface area contributed by atoms with Crippen LogP contribution >= 0.6 is 11.6 Å². The molecule has 1 saturated heterocycles. The average molecular weight is 658 g/mol. The lowest BCUT2D eigenvalue weighted by Gasteiger charge is -2.35. The van der Waals surface area contributed by atoms with Gasteiger partial charge in [0.2, 0.25) is 23.5 Å². The van der Waals surface area contributed by atoms with Gasteiger partial charge in [0.15, 0.2) is 0 Å². The molecule has 2 fully saturated rings. The van der Waals surface area contributed by atoms with Gasteiger partial charge in [-0.25, -0.2) is 0 Å². The Morgan fingerprint density at radius 3 is 2.43 bits per heavy atom. The van der Waals surface area contributed by atoms with E-state index in [0.29, 0.717) is 17.1 Å². The fraction of sp³-hybridized carbons (Fsp3) is 0.576. The highest BCUT2D eigenvalue weighted by Crippen LogP contribution is 2.39. The summed E-state index contributed by atoms with van der Waals surface area (Å²) < 4.78 is 0. The van der Waals surface area contributed by atoms with E-state index in [1.54, 1.807) is 39.0 Å². The number of amides is 4. The molecule has 1 spiro atoms. The average Bonchev–Trinajstić information content (AvgIpc) is 3.58. The zero-order chi connectivity index (χ0) is 33.8. The van der Waals surface area contributed by atoms with Crippen LogP contribution in [0.2, 0.25) is 5.02 Å². The second kappa shape index (κ2) is 14.3. The number of carbonyl (C=O) groups is 6. The van der Waals surface area contributed by atoms with Gasteiger partial charge in [0, 0.05) is 35.9 Å². The SMILES string of the molecule is CCC[C@H](NC(=O)[C@@H]1C[C@]2(C=C(c3cccc(Cl)c3)NO2)CN1C(=O)[C@@H](NC(=O)CCC(C)=O)C(C)(C)C)C(=O)C(=O)NC1CC1. The zero-order valence-corrected chi connectivity index (χ0v) is 27.8. The van der Waals surface area contributed by atoms with E-state index in [1.165, 1.54) is 11.8 Å². The molecule has 0 unspecified atom stereocenters. The quantitative estimate of drug-likeness (QED) is 0.235.